The first-order valence-corrected chi connectivity index (χ1v) is 7.01. The Bertz CT molecular complexity index is 493. The van der Waals surface area contributed by atoms with E-state index in [1.165, 1.54) is 31.4 Å². The molecule has 0 saturated heterocycles. The van der Waals surface area contributed by atoms with Gasteiger partial charge >= 0.3 is 5.97 Å². The Morgan fingerprint density at radius 2 is 1.95 bits per heavy atom. The number of carbonyl (C=O) groups is 2. The third kappa shape index (κ3) is 5.69. The molecule has 0 aromatic heterocycles. The SMILES string of the molecule is CCCC(N)C(=O)NCC(Oc1ccc(F)cc1)C(=O)OC. The number of nitrogens with one attached hydrogen (secondary N) is 1. The van der Waals surface area contributed by atoms with Gasteiger partial charge in [-0.3, -0.25) is 4.79 Å². The minimum Gasteiger partial charge on any atom is -0.477 e. The molecule has 0 aliphatic heterocycles. The molecule has 0 spiro atoms. The number of halogens is 1. The van der Waals surface area contributed by atoms with Crippen molar-refractivity contribution in [2.24, 2.45) is 5.73 Å². The van der Waals surface area contributed by atoms with Crippen LogP contribution in [-0.2, 0) is 14.3 Å². The zero-order valence-electron chi connectivity index (χ0n) is 12.7. The highest BCUT2D eigenvalue weighted by Crippen LogP contribution is 2.13. The van der Waals surface area contributed by atoms with E-state index in [9.17, 15) is 14.0 Å². The number of amides is 1. The fraction of sp³-hybridized carbons (Fsp3) is 0.467. The van der Waals surface area contributed by atoms with E-state index in [-0.39, 0.29) is 12.5 Å². The lowest BCUT2D eigenvalue weighted by atomic mass is 10.1. The van der Waals surface area contributed by atoms with Crippen molar-refractivity contribution >= 4 is 11.9 Å². The van der Waals surface area contributed by atoms with Gasteiger partial charge in [0.2, 0.25) is 12.0 Å². The highest BCUT2D eigenvalue weighted by Gasteiger charge is 2.23. The summed E-state index contributed by atoms with van der Waals surface area (Å²) >= 11 is 0. The standard InChI is InChI=1S/C15H21FN2O4/c1-3-4-12(17)14(19)18-9-13(15(20)21-2)22-11-7-5-10(16)6-8-11/h5-8,12-13H,3-4,9,17H2,1-2H3,(H,18,19). The van der Waals surface area contributed by atoms with E-state index < -0.39 is 23.9 Å². The molecule has 0 aliphatic rings. The highest BCUT2D eigenvalue weighted by molar-refractivity contribution is 5.82. The first-order valence-electron chi connectivity index (χ1n) is 7.01. The summed E-state index contributed by atoms with van der Waals surface area (Å²) in [6, 6.07) is 4.55. The van der Waals surface area contributed by atoms with E-state index in [0.717, 1.165) is 6.42 Å². The number of esters is 1. The second-order valence-corrected chi connectivity index (χ2v) is 4.72. The molecule has 0 heterocycles. The van der Waals surface area contributed by atoms with Crippen LogP contribution in [0.1, 0.15) is 19.8 Å². The second kappa shape index (κ2) is 8.99. The molecule has 2 atom stereocenters. The van der Waals surface area contributed by atoms with Gasteiger partial charge in [0.15, 0.2) is 0 Å². The summed E-state index contributed by atoms with van der Waals surface area (Å²) < 4.78 is 22.9. The van der Waals surface area contributed by atoms with E-state index >= 15 is 0 Å². The highest BCUT2D eigenvalue weighted by atomic mass is 19.1. The van der Waals surface area contributed by atoms with Crippen LogP contribution in [-0.4, -0.2) is 37.7 Å². The van der Waals surface area contributed by atoms with E-state index in [1.54, 1.807) is 0 Å². The van der Waals surface area contributed by atoms with Gasteiger partial charge in [0, 0.05) is 0 Å². The zero-order chi connectivity index (χ0) is 16.5. The fourth-order valence-corrected chi connectivity index (χ4v) is 1.75. The number of rotatable bonds is 8. The van der Waals surface area contributed by atoms with Crippen LogP contribution >= 0.6 is 0 Å². The molecule has 0 saturated carbocycles. The smallest absolute Gasteiger partial charge is 0.348 e. The minimum absolute atomic E-state index is 0.0830. The Balaban J connectivity index is 2.63. The summed E-state index contributed by atoms with van der Waals surface area (Å²) in [5.41, 5.74) is 5.68. The van der Waals surface area contributed by atoms with Crippen molar-refractivity contribution in [1.82, 2.24) is 5.32 Å². The van der Waals surface area contributed by atoms with Gasteiger partial charge in [-0.2, -0.15) is 0 Å². The number of hydrogen-bond donors (Lipinski definition) is 2. The molecule has 2 unspecified atom stereocenters. The van der Waals surface area contributed by atoms with Crippen LogP contribution in [0.15, 0.2) is 24.3 Å². The quantitative estimate of drug-likeness (QED) is 0.699. The van der Waals surface area contributed by atoms with Crippen molar-refractivity contribution in [3.8, 4) is 5.75 Å². The molecule has 7 heteroatoms. The lowest BCUT2D eigenvalue weighted by Gasteiger charge is -2.18. The predicted octanol–water partition coefficient (Wildman–Crippen LogP) is 0.990. The zero-order valence-corrected chi connectivity index (χ0v) is 12.7. The average molecular weight is 312 g/mol. The van der Waals surface area contributed by atoms with Crippen molar-refractivity contribution in [2.45, 2.75) is 31.9 Å². The Morgan fingerprint density at radius 3 is 2.50 bits per heavy atom. The Morgan fingerprint density at radius 1 is 1.32 bits per heavy atom. The maximum absolute atomic E-state index is 12.8. The summed E-state index contributed by atoms with van der Waals surface area (Å²) in [5.74, 6) is -1.13. The van der Waals surface area contributed by atoms with Gasteiger partial charge in [-0.25, -0.2) is 9.18 Å². The van der Waals surface area contributed by atoms with Gasteiger partial charge in [0.25, 0.3) is 0 Å². The number of benzene rings is 1. The van der Waals surface area contributed by atoms with E-state index in [4.69, 9.17) is 10.5 Å². The summed E-state index contributed by atoms with van der Waals surface area (Å²) in [5, 5.41) is 2.55. The van der Waals surface area contributed by atoms with Crippen LogP contribution < -0.4 is 15.8 Å². The molecule has 6 nitrogen and oxygen atoms in total. The van der Waals surface area contributed by atoms with E-state index in [1.807, 2.05) is 6.92 Å². The van der Waals surface area contributed by atoms with E-state index in [0.29, 0.717) is 12.2 Å². The van der Waals surface area contributed by atoms with Gasteiger partial charge in [0.05, 0.1) is 19.7 Å². The molecule has 0 fully saturated rings. The molecule has 1 aromatic carbocycles. The third-order valence-electron chi connectivity index (χ3n) is 2.95. The van der Waals surface area contributed by atoms with E-state index in [2.05, 4.69) is 10.1 Å². The number of hydrogen-bond acceptors (Lipinski definition) is 5. The lowest BCUT2D eigenvalue weighted by molar-refractivity contribution is -0.148. The van der Waals surface area contributed by atoms with Crippen LogP contribution in [0.4, 0.5) is 4.39 Å². The van der Waals surface area contributed by atoms with Crippen LogP contribution in [0, 0.1) is 5.82 Å². The Kier molecular flexibility index (Phi) is 7.31. The monoisotopic (exact) mass is 312 g/mol. The number of methoxy groups -OCH3 is 1. The normalized spacial score (nSPS) is 13.1. The third-order valence-corrected chi connectivity index (χ3v) is 2.95. The number of nitrogens with two attached hydrogens (primary N) is 1. The molecule has 122 valence electrons. The van der Waals surface area contributed by atoms with Crippen LogP contribution in [0.5, 0.6) is 5.75 Å². The van der Waals surface area contributed by atoms with Gasteiger partial charge in [-0.05, 0) is 30.7 Å². The topological polar surface area (TPSA) is 90.7 Å². The van der Waals surface area contributed by atoms with Crippen molar-refractivity contribution < 1.29 is 23.5 Å². The van der Waals surface area contributed by atoms with Crippen LogP contribution in [0.2, 0.25) is 0 Å². The summed E-state index contributed by atoms with van der Waals surface area (Å²) in [6.07, 6.45) is 0.294. The minimum atomic E-state index is -1.03. The maximum atomic E-state index is 12.8. The summed E-state index contributed by atoms with van der Waals surface area (Å²) in [4.78, 5) is 23.4. The lowest BCUT2D eigenvalue weighted by Crippen LogP contribution is -2.46. The van der Waals surface area contributed by atoms with Gasteiger partial charge in [0.1, 0.15) is 11.6 Å². The molecular formula is C15H21FN2O4. The Labute approximate surface area is 128 Å². The molecule has 3 N–H and O–H groups in total. The maximum Gasteiger partial charge on any atom is 0.348 e. The molecule has 0 aliphatic carbocycles. The summed E-state index contributed by atoms with van der Waals surface area (Å²) in [7, 11) is 1.22. The first-order chi connectivity index (χ1) is 10.5. The molecular weight excluding hydrogens is 291 g/mol. The van der Waals surface area contributed by atoms with Gasteiger partial charge in [-0.1, -0.05) is 13.3 Å². The molecule has 1 rings (SSSR count). The number of carbonyl (C=O) groups excluding carboxylic acids is 2. The van der Waals surface area contributed by atoms with Crippen LogP contribution in [0.25, 0.3) is 0 Å². The van der Waals surface area contributed by atoms with Crippen molar-refractivity contribution in [1.29, 1.82) is 0 Å². The largest absolute Gasteiger partial charge is 0.477 e. The molecule has 1 aromatic rings. The van der Waals surface area contributed by atoms with Crippen molar-refractivity contribution in [3.63, 3.8) is 0 Å². The van der Waals surface area contributed by atoms with Crippen molar-refractivity contribution in [2.75, 3.05) is 13.7 Å². The second-order valence-electron chi connectivity index (χ2n) is 4.72. The Hall–Kier alpha value is -2.15. The predicted molar refractivity (Wildman–Crippen MR) is 78.7 cm³/mol. The molecule has 1 amide bonds. The first kappa shape index (κ1) is 17.9. The number of ether oxygens (including phenoxy) is 2. The van der Waals surface area contributed by atoms with Crippen molar-refractivity contribution in [3.05, 3.63) is 30.1 Å². The van der Waals surface area contributed by atoms with Gasteiger partial charge < -0.3 is 20.5 Å². The molecule has 0 bridgehead atoms. The van der Waals surface area contributed by atoms with Gasteiger partial charge in [-0.15, -0.1) is 0 Å². The summed E-state index contributed by atoms with van der Waals surface area (Å²) in [6.45, 7) is 1.84. The fourth-order valence-electron chi connectivity index (χ4n) is 1.75. The average Bonchev–Trinajstić information content (AvgIpc) is 2.52. The molecule has 22 heavy (non-hydrogen) atoms. The van der Waals surface area contributed by atoms with Crippen LogP contribution in [0.3, 0.4) is 0 Å². The molecule has 0 radical (unpaired) electrons.